The van der Waals surface area contributed by atoms with E-state index in [4.69, 9.17) is 23.7 Å². The van der Waals surface area contributed by atoms with Gasteiger partial charge in [0, 0.05) is 34.9 Å². The van der Waals surface area contributed by atoms with E-state index < -0.39 is 0 Å². The summed E-state index contributed by atoms with van der Waals surface area (Å²) in [6.07, 6.45) is 38.7. The number of allylic oxidation sites excluding steroid dienone is 12. The highest BCUT2D eigenvalue weighted by atomic mass is 16.5. The van der Waals surface area contributed by atoms with E-state index in [1.807, 2.05) is 170 Å². The Kier molecular flexibility index (Phi) is 47.0. The SMILES string of the molecule is CC(C)=CCOc1cc(O)cc(/C=C/c2ccc(O)c(O)c2)c1.CC(C)=CCc1c(O)cc(/C=C/c2ccc(O)c(O)c2)c(CC=C(C)C)c1CO.CC(C)=CCc1c(O)cc(O)cc1/C=C/c1ccc(O)c(O)c1.COc1cc(/C=C/c2cc(O)cc(CO)c2CC=C(C)C)ccc1O.COc1cc(/C=C/c2cc(O)cc(OCC=C(C)C)c2)ccc1O.COc1ccc(/C=C/c2cc(O)c(CC=C(C)C)c(O)c2)cc1O. The van der Waals surface area contributed by atoms with Gasteiger partial charge in [-0.15, -0.1) is 0 Å². The zero-order valence-corrected chi connectivity index (χ0v) is 86.8. The Balaban J connectivity index is 0.000000241. The molecule has 0 bridgehead atoms. The minimum absolute atomic E-state index is 0.0170. The smallest absolute Gasteiger partial charge is 0.161 e. The highest BCUT2D eigenvalue weighted by molar-refractivity contribution is 5.80. The second-order valence-corrected chi connectivity index (χ2v) is 36.2. The molecule has 12 rings (SSSR count). The molecule has 148 heavy (non-hydrogen) atoms. The number of benzene rings is 12. The van der Waals surface area contributed by atoms with Gasteiger partial charge in [0.15, 0.2) is 69.0 Å². The monoisotopic (exact) mass is 2010 g/mol. The first-order valence-electron chi connectivity index (χ1n) is 47.5. The minimum atomic E-state index is -0.198. The van der Waals surface area contributed by atoms with Gasteiger partial charge in [0.05, 0.1) is 34.5 Å². The standard InChI is InChI=1S/C25H30O4.C21H24O4.2C20H22O4.2C19H20O4/c1-16(2)5-10-20-19(9-7-18-8-12-23(27)25(29)13-18)14-24(28)21(22(20)15-26)11-6-17(3)4;1-14(2)4-8-19-16(11-18(23)12-17(19)13-22)7-5-15-6-9-20(24)21(10-15)25-3;1-13(2)4-8-16-17(21)11-15(12-18(16)22)6-5-14-7-9-20(24-3)19(23)10-14;1-14(2)8-9-24-18-11-16(10-17(21)13-18)5-4-15-6-7-19(22)20(12-15)23-3;1-12(2)3-7-16-14(10-15(20)11-18(16)22)6-4-13-5-8-17(21)19(23)9-13;1-13(2)7-8-23-17-10-15(9-16(20)12-17)4-3-14-5-6-18(21)19(22)11-14/h5-9,12-14,26-29H,10-11,15H2,1-4H3;4-7,9-12,22-24H,8,13H2,1-3H3;4-7,9-12,21-23H,8H2,1-3H3;4-8,10-13,21-22H,9H2,1-3H3;3-6,8-11,20-23H,7H2,1-2H3;3-7,9-12,20-22H,8H2,1-2H3/b9-7+;7-5+;6-5+;5-4+;6-4+;4-3+. The zero-order chi connectivity index (χ0) is 109. The van der Waals surface area contributed by atoms with E-state index in [1.165, 1.54) is 80.5 Å². The molecule has 0 fully saturated rings. The van der Waals surface area contributed by atoms with Crippen molar-refractivity contribution in [3.8, 4) is 126 Å². The zero-order valence-electron chi connectivity index (χ0n) is 86.8. The highest BCUT2D eigenvalue weighted by Crippen LogP contribution is 2.40. The molecule has 0 aliphatic heterocycles. The van der Waals surface area contributed by atoms with Crippen LogP contribution in [0.1, 0.15) is 203 Å². The predicted octanol–water partition coefficient (Wildman–Crippen LogP) is 27.4. The van der Waals surface area contributed by atoms with Gasteiger partial charge >= 0.3 is 0 Å². The molecule has 24 heteroatoms. The van der Waals surface area contributed by atoms with E-state index >= 15 is 0 Å². The van der Waals surface area contributed by atoms with Crippen molar-refractivity contribution in [3.63, 3.8) is 0 Å². The van der Waals surface area contributed by atoms with Crippen molar-refractivity contribution < 1.29 is 121 Å². The van der Waals surface area contributed by atoms with Gasteiger partial charge in [0.25, 0.3) is 0 Å². The molecule has 0 aromatic heterocycles. The van der Waals surface area contributed by atoms with Crippen molar-refractivity contribution in [1.29, 1.82) is 0 Å². The van der Waals surface area contributed by atoms with Gasteiger partial charge in [-0.1, -0.05) is 179 Å². The molecule has 0 aliphatic rings. The van der Waals surface area contributed by atoms with Crippen LogP contribution >= 0.6 is 0 Å². The normalized spacial score (nSPS) is 10.8. The van der Waals surface area contributed by atoms with Gasteiger partial charge in [-0.05, 0) is 364 Å². The van der Waals surface area contributed by atoms with Crippen LogP contribution < -0.4 is 23.7 Å². The maximum Gasteiger partial charge on any atom is 0.161 e. The second kappa shape index (κ2) is 59.1. The number of aromatic hydroxyl groups is 17. The summed E-state index contributed by atoms with van der Waals surface area (Å²) >= 11 is 0. The summed E-state index contributed by atoms with van der Waals surface area (Å²) in [5.74, 6) is 2.27. The van der Waals surface area contributed by atoms with Crippen LogP contribution in [-0.2, 0) is 45.3 Å². The summed E-state index contributed by atoms with van der Waals surface area (Å²) < 4.78 is 26.4. The Bertz CT molecular complexity index is 6910. The lowest BCUT2D eigenvalue weighted by atomic mass is 9.90. The fourth-order valence-electron chi connectivity index (χ4n) is 14.1. The van der Waals surface area contributed by atoms with Crippen LogP contribution in [0.5, 0.6) is 126 Å². The fourth-order valence-corrected chi connectivity index (χ4v) is 14.1. The van der Waals surface area contributed by atoms with Gasteiger partial charge in [-0.2, -0.15) is 0 Å². The largest absolute Gasteiger partial charge is 0.508 e. The van der Waals surface area contributed by atoms with Crippen LogP contribution in [-0.4, -0.2) is 132 Å². The van der Waals surface area contributed by atoms with Crippen molar-refractivity contribution >= 4 is 72.9 Å². The van der Waals surface area contributed by atoms with Crippen LogP contribution in [0.2, 0.25) is 0 Å². The van der Waals surface area contributed by atoms with Gasteiger partial charge in [0.2, 0.25) is 0 Å². The number of aliphatic hydroxyl groups excluding tert-OH is 2. The summed E-state index contributed by atoms with van der Waals surface area (Å²) in [7, 11) is 4.50. The third kappa shape index (κ3) is 39.8. The average molecular weight is 2010 g/mol. The Morgan fingerprint density at radius 3 is 0.851 bits per heavy atom. The molecule has 0 heterocycles. The molecular formula is C124H138O24. The first-order valence-corrected chi connectivity index (χ1v) is 47.5. The van der Waals surface area contributed by atoms with E-state index in [-0.39, 0.29) is 111 Å². The molecule has 0 amide bonds. The lowest BCUT2D eigenvalue weighted by Crippen LogP contribution is -2.03. The molecule has 778 valence electrons. The van der Waals surface area contributed by atoms with E-state index in [9.17, 15) is 97.0 Å². The molecule has 0 atom stereocenters. The quantitative estimate of drug-likeness (QED) is 0.0103. The highest BCUT2D eigenvalue weighted by Gasteiger charge is 2.19. The molecule has 12 aromatic rings. The number of ether oxygens (including phenoxy) is 5. The molecule has 19 N–H and O–H groups in total. The first kappa shape index (κ1) is 118. The summed E-state index contributed by atoms with van der Waals surface area (Å²) in [6, 6.07) is 50.1. The Hall–Kier alpha value is -17.2. The number of hydrogen-bond donors (Lipinski definition) is 19. The fraction of sp³-hybridized carbons (Fsp3) is 0.210. The minimum Gasteiger partial charge on any atom is -0.508 e. The van der Waals surface area contributed by atoms with Gasteiger partial charge in [-0.25, -0.2) is 0 Å². The van der Waals surface area contributed by atoms with Crippen LogP contribution in [0, 0.1) is 0 Å². The van der Waals surface area contributed by atoms with Crippen LogP contribution in [0.4, 0.5) is 0 Å². The number of rotatable bonds is 33. The molecular weight excluding hydrogens is 1870 g/mol. The van der Waals surface area contributed by atoms with Gasteiger partial charge in [-0.3, -0.25) is 0 Å². The maximum absolute atomic E-state index is 10.6. The Labute approximate surface area is 867 Å². The van der Waals surface area contributed by atoms with Crippen molar-refractivity contribution in [2.45, 2.75) is 142 Å². The summed E-state index contributed by atoms with van der Waals surface area (Å²) in [4.78, 5) is 0. The van der Waals surface area contributed by atoms with Crippen molar-refractivity contribution in [3.05, 3.63) is 375 Å². The Morgan fingerprint density at radius 1 is 0.203 bits per heavy atom. The van der Waals surface area contributed by atoms with Crippen molar-refractivity contribution in [2.24, 2.45) is 0 Å². The average Bonchev–Trinajstić information content (AvgIpc) is 0.792. The van der Waals surface area contributed by atoms with Crippen LogP contribution in [0.25, 0.3) is 72.9 Å². The van der Waals surface area contributed by atoms with E-state index in [1.54, 1.807) is 176 Å². The summed E-state index contributed by atoms with van der Waals surface area (Å²) in [5.41, 5.74) is 22.7. The molecule has 0 saturated heterocycles. The van der Waals surface area contributed by atoms with E-state index in [0.29, 0.717) is 113 Å². The van der Waals surface area contributed by atoms with Crippen LogP contribution in [0.3, 0.4) is 0 Å². The molecule has 24 nitrogen and oxygen atoms in total. The number of phenols is 17. The molecule has 0 saturated carbocycles. The maximum atomic E-state index is 10.6. The summed E-state index contributed by atoms with van der Waals surface area (Å²) in [6.45, 7) is 28.6. The van der Waals surface area contributed by atoms with Gasteiger partial charge in [0.1, 0.15) is 70.7 Å². The van der Waals surface area contributed by atoms with E-state index in [0.717, 1.165) is 89.1 Å². The third-order valence-corrected chi connectivity index (χ3v) is 22.1. The first-order chi connectivity index (χ1) is 70.3. The molecule has 0 spiro atoms. The van der Waals surface area contributed by atoms with Crippen LogP contribution in [0.15, 0.2) is 270 Å². The molecule has 0 unspecified atom stereocenters. The van der Waals surface area contributed by atoms with Crippen molar-refractivity contribution in [1.82, 2.24) is 0 Å². The number of methoxy groups -OCH3 is 3. The molecule has 12 aromatic carbocycles. The third-order valence-electron chi connectivity index (χ3n) is 22.1. The predicted molar refractivity (Wildman–Crippen MR) is 596 cm³/mol. The molecule has 0 radical (unpaired) electrons. The Morgan fingerprint density at radius 2 is 0.486 bits per heavy atom. The van der Waals surface area contributed by atoms with E-state index in [2.05, 4.69) is 12.2 Å². The summed E-state index contributed by atoms with van der Waals surface area (Å²) in [5, 5.41) is 186. The lowest BCUT2D eigenvalue weighted by molar-refractivity contribution is 0.278. The van der Waals surface area contributed by atoms with Gasteiger partial charge < -0.3 is 121 Å². The second-order valence-electron chi connectivity index (χ2n) is 36.2. The number of hydrogen-bond acceptors (Lipinski definition) is 24. The molecule has 0 aliphatic carbocycles. The topological polar surface area (TPSA) is 431 Å². The number of aliphatic hydroxyl groups is 2. The van der Waals surface area contributed by atoms with Crippen molar-refractivity contribution in [2.75, 3.05) is 34.5 Å². The number of phenolic OH excluding ortho intramolecular Hbond substituents is 17. The lowest BCUT2D eigenvalue weighted by Gasteiger charge is -2.17.